The summed E-state index contributed by atoms with van der Waals surface area (Å²) in [4.78, 5) is 19.1. The van der Waals surface area contributed by atoms with Crippen molar-refractivity contribution in [1.29, 1.82) is 0 Å². The van der Waals surface area contributed by atoms with Gasteiger partial charge in [0.1, 0.15) is 5.75 Å². The van der Waals surface area contributed by atoms with E-state index in [1.54, 1.807) is 18.2 Å². The molecule has 0 atom stereocenters. The van der Waals surface area contributed by atoms with Crippen LogP contribution in [-0.2, 0) is 4.74 Å². The first kappa shape index (κ1) is 25.7. The fourth-order valence-electron chi connectivity index (χ4n) is 4.20. The number of aromatic hydroxyl groups is 1. The number of carbonyl (C=O) groups excluding carboxylic acids is 1. The number of rotatable bonds is 8. The maximum Gasteiger partial charge on any atom is 0.255 e. The Morgan fingerprint density at radius 3 is 2.55 bits per heavy atom. The van der Waals surface area contributed by atoms with E-state index in [4.69, 9.17) is 4.74 Å². The second-order valence-corrected chi connectivity index (χ2v) is 8.18. The topological polar surface area (TPSA) is 86.2 Å². The number of halogens is 1. The van der Waals surface area contributed by atoms with Gasteiger partial charge in [-0.25, -0.2) is 0 Å². The second-order valence-electron chi connectivity index (χ2n) is 8.18. The monoisotopic (exact) mass is 544 g/mol. The summed E-state index contributed by atoms with van der Waals surface area (Å²) in [5.41, 5.74) is 0.285. The summed E-state index contributed by atoms with van der Waals surface area (Å²) in [5, 5.41) is 15.9. The van der Waals surface area contributed by atoms with Crippen molar-refractivity contribution in [2.24, 2.45) is 10.9 Å². The van der Waals surface area contributed by atoms with Gasteiger partial charge in [0, 0.05) is 32.8 Å². The van der Waals surface area contributed by atoms with Gasteiger partial charge in [-0.1, -0.05) is 25.0 Å². The molecule has 174 valence electrons. The Morgan fingerprint density at radius 1 is 1.16 bits per heavy atom. The van der Waals surface area contributed by atoms with Crippen molar-refractivity contribution >= 4 is 35.8 Å². The predicted octanol–water partition coefficient (Wildman–Crippen LogP) is 3.38. The first-order chi connectivity index (χ1) is 14.7. The van der Waals surface area contributed by atoms with Gasteiger partial charge in [-0.2, -0.15) is 0 Å². The molecule has 2 aliphatic rings. The van der Waals surface area contributed by atoms with Gasteiger partial charge >= 0.3 is 0 Å². The van der Waals surface area contributed by atoms with Crippen molar-refractivity contribution in [3.8, 4) is 5.75 Å². The maximum atomic E-state index is 12.2. The molecule has 1 aromatic rings. The lowest BCUT2D eigenvalue weighted by atomic mass is 10.1. The van der Waals surface area contributed by atoms with Crippen LogP contribution in [0.1, 0.15) is 55.8 Å². The summed E-state index contributed by atoms with van der Waals surface area (Å²) in [5.74, 6) is 1.37. The number of benzene rings is 1. The van der Waals surface area contributed by atoms with Crippen LogP contribution in [-0.4, -0.2) is 67.3 Å². The maximum absolute atomic E-state index is 12.2. The summed E-state index contributed by atoms with van der Waals surface area (Å²) in [6.45, 7) is 6.57. The number of para-hydroxylation sites is 1. The zero-order valence-corrected chi connectivity index (χ0v) is 20.8. The van der Waals surface area contributed by atoms with Gasteiger partial charge < -0.3 is 25.4 Å². The fourth-order valence-corrected chi connectivity index (χ4v) is 4.20. The molecule has 1 aliphatic heterocycles. The number of hydrogen-bond donors (Lipinski definition) is 3. The summed E-state index contributed by atoms with van der Waals surface area (Å²) in [6.07, 6.45) is 7.81. The van der Waals surface area contributed by atoms with E-state index in [0.29, 0.717) is 19.2 Å². The molecule has 1 aromatic carbocycles. The molecule has 0 bridgehead atoms. The minimum absolute atomic E-state index is 0. The van der Waals surface area contributed by atoms with E-state index in [9.17, 15) is 9.90 Å². The number of aliphatic imine (C=N–C) groups is 1. The molecule has 31 heavy (non-hydrogen) atoms. The minimum Gasteiger partial charge on any atom is -0.507 e. The number of phenols is 1. The number of likely N-dealkylation sites (tertiary alicyclic amines) is 1. The lowest BCUT2D eigenvalue weighted by molar-refractivity contribution is 0.00101. The molecule has 2 fully saturated rings. The van der Waals surface area contributed by atoms with E-state index < -0.39 is 0 Å². The predicted molar refractivity (Wildman–Crippen MR) is 134 cm³/mol. The van der Waals surface area contributed by atoms with Crippen molar-refractivity contribution in [3.63, 3.8) is 0 Å². The van der Waals surface area contributed by atoms with Crippen molar-refractivity contribution < 1.29 is 14.6 Å². The normalized spacial score (nSPS) is 18.0. The second kappa shape index (κ2) is 13.8. The molecule has 1 aliphatic carbocycles. The van der Waals surface area contributed by atoms with Crippen molar-refractivity contribution in [2.75, 3.05) is 39.3 Å². The number of guanidine groups is 1. The van der Waals surface area contributed by atoms with Crippen molar-refractivity contribution in [1.82, 2.24) is 15.5 Å². The van der Waals surface area contributed by atoms with E-state index in [2.05, 4.69) is 27.4 Å². The third-order valence-corrected chi connectivity index (χ3v) is 5.93. The molecular weight excluding hydrogens is 507 g/mol. The van der Waals surface area contributed by atoms with Crippen molar-refractivity contribution in [3.05, 3.63) is 29.8 Å². The Labute approximate surface area is 203 Å². The van der Waals surface area contributed by atoms with Crippen LogP contribution in [0.2, 0.25) is 0 Å². The quantitative estimate of drug-likeness (QED) is 0.202. The van der Waals surface area contributed by atoms with Gasteiger partial charge in [-0.05, 0) is 50.7 Å². The van der Waals surface area contributed by atoms with Crippen LogP contribution < -0.4 is 10.6 Å². The molecule has 7 nitrogen and oxygen atoms in total. The standard InChI is InChI=1S/C23H36N4O3.HI/c1-2-24-23(26-14-13-25-22(29)20-9-5-6-10-21(20)28)27-15-11-19(12-16-27)30-17-18-7-3-4-8-18;/h5-6,9-10,18-19,28H,2-4,7-8,11-17H2,1H3,(H,24,26)(H,25,29);1H. The smallest absolute Gasteiger partial charge is 0.255 e. The minimum atomic E-state index is -0.284. The highest BCUT2D eigenvalue weighted by Gasteiger charge is 2.23. The van der Waals surface area contributed by atoms with Gasteiger partial charge in [0.2, 0.25) is 0 Å². The molecular formula is C23H37IN4O3. The molecule has 0 radical (unpaired) electrons. The van der Waals surface area contributed by atoms with Crippen LogP contribution in [0.3, 0.4) is 0 Å². The Kier molecular flexibility index (Phi) is 11.4. The molecule has 3 rings (SSSR count). The number of phenolic OH excluding ortho intramolecular Hbond substituents is 1. The average molecular weight is 544 g/mol. The Morgan fingerprint density at radius 2 is 1.87 bits per heavy atom. The van der Waals surface area contributed by atoms with E-state index in [0.717, 1.165) is 51.0 Å². The Balaban J connectivity index is 0.00000341. The van der Waals surface area contributed by atoms with E-state index >= 15 is 0 Å². The number of hydrogen-bond acceptors (Lipinski definition) is 4. The molecule has 1 amide bonds. The third-order valence-electron chi connectivity index (χ3n) is 5.93. The van der Waals surface area contributed by atoms with E-state index in [1.165, 1.54) is 31.7 Å². The molecule has 1 heterocycles. The summed E-state index contributed by atoms with van der Waals surface area (Å²) >= 11 is 0. The number of amides is 1. The summed E-state index contributed by atoms with van der Waals surface area (Å²) in [6, 6.07) is 6.55. The number of carbonyl (C=O) groups is 1. The highest BCUT2D eigenvalue weighted by Crippen LogP contribution is 2.26. The highest BCUT2D eigenvalue weighted by molar-refractivity contribution is 14.0. The number of nitrogens with zero attached hydrogens (tertiary/aromatic N) is 2. The number of piperidine rings is 1. The molecule has 0 spiro atoms. The van der Waals surface area contributed by atoms with Gasteiger partial charge in [-0.15, -0.1) is 24.0 Å². The average Bonchev–Trinajstić information content (AvgIpc) is 3.29. The van der Waals surface area contributed by atoms with Gasteiger partial charge in [-0.3, -0.25) is 9.79 Å². The molecule has 0 unspecified atom stereocenters. The van der Waals surface area contributed by atoms with Crippen LogP contribution in [0.15, 0.2) is 29.3 Å². The van der Waals surface area contributed by atoms with Crippen molar-refractivity contribution in [2.45, 2.75) is 51.6 Å². The molecule has 1 saturated carbocycles. The van der Waals surface area contributed by atoms with Gasteiger partial charge in [0.15, 0.2) is 5.96 Å². The molecule has 0 aromatic heterocycles. The number of ether oxygens (including phenoxy) is 1. The van der Waals surface area contributed by atoms with Crippen LogP contribution in [0.4, 0.5) is 0 Å². The van der Waals surface area contributed by atoms with Crippen LogP contribution in [0, 0.1) is 5.92 Å². The van der Waals surface area contributed by atoms with Crippen LogP contribution in [0.5, 0.6) is 5.75 Å². The lowest BCUT2D eigenvalue weighted by Crippen LogP contribution is -2.47. The summed E-state index contributed by atoms with van der Waals surface area (Å²) in [7, 11) is 0. The first-order valence-electron chi connectivity index (χ1n) is 11.4. The highest BCUT2D eigenvalue weighted by atomic mass is 127. The molecule has 1 saturated heterocycles. The lowest BCUT2D eigenvalue weighted by Gasteiger charge is -2.34. The van der Waals surface area contributed by atoms with E-state index in [1.807, 2.05) is 0 Å². The largest absolute Gasteiger partial charge is 0.507 e. The zero-order valence-electron chi connectivity index (χ0n) is 18.5. The molecule has 8 heteroatoms. The van der Waals surface area contributed by atoms with Crippen LogP contribution >= 0.6 is 24.0 Å². The summed E-state index contributed by atoms with van der Waals surface area (Å²) < 4.78 is 6.18. The SMILES string of the molecule is CCNC(=NCCNC(=O)c1ccccc1O)N1CCC(OCC2CCCC2)CC1.I. The Bertz CT molecular complexity index is 702. The van der Waals surface area contributed by atoms with Crippen LogP contribution in [0.25, 0.3) is 0 Å². The Hall–Kier alpha value is -1.55. The fraction of sp³-hybridized carbons (Fsp3) is 0.652. The van der Waals surface area contributed by atoms with Gasteiger partial charge in [0.05, 0.1) is 18.2 Å². The zero-order chi connectivity index (χ0) is 21.2. The first-order valence-corrected chi connectivity index (χ1v) is 11.4. The number of nitrogens with one attached hydrogen (secondary N) is 2. The van der Waals surface area contributed by atoms with Gasteiger partial charge in [0.25, 0.3) is 5.91 Å². The van der Waals surface area contributed by atoms with E-state index in [-0.39, 0.29) is 41.2 Å². The third kappa shape index (κ3) is 8.14. The molecule has 3 N–H and O–H groups in total.